The van der Waals surface area contributed by atoms with Gasteiger partial charge in [0.25, 0.3) is 0 Å². The molecule has 1 aromatic heterocycles. The maximum absolute atomic E-state index is 12.8. The minimum atomic E-state index is -0.335. The Bertz CT molecular complexity index is 797. The van der Waals surface area contributed by atoms with Crippen LogP contribution < -0.4 is 4.74 Å². The van der Waals surface area contributed by atoms with Gasteiger partial charge in [0, 0.05) is 36.2 Å². The van der Waals surface area contributed by atoms with E-state index in [9.17, 15) is 9.90 Å². The number of fused-ring (bicyclic) bond motifs is 1. The highest BCUT2D eigenvalue weighted by molar-refractivity contribution is 5.97. The molecule has 1 N–H and O–H groups in total. The lowest BCUT2D eigenvalue weighted by molar-refractivity contribution is 0.0239. The van der Waals surface area contributed by atoms with Crippen LogP contribution in [0.3, 0.4) is 0 Å². The van der Waals surface area contributed by atoms with Crippen molar-refractivity contribution in [3.8, 4) is 5.88 Å². The van der Waals surface area contributed by atoms with Crippen molar-refractivity contribution < 1.29 is 14.6 Å². The van der Waals surface area contributed by atoms with Gasteiger partial charge in [-0.1, -0.05) is 24.3 Å². The van der Waals surface area contributed by atoms with Crippen molar-refractivity contribution in [2.75, 3.05) is 20.2 Å². The number of aliphatic hydroxyl groups is 1. The average Bonchev–Trinajstić information content (AvgIpc) is 2.73. The number of rotatable bonds is 4. The second-order valence-electron chi connectivity index (χ2n) is 7.58. The number of ketones is 1. The van der Waals surface area contributed by atoms with Gasteiger partial charge in [-0.15, -0.1) is 0 Å². The Morgan fingerprint density at radius 2 is 1.81 bits per heavy atom. The van der Waals surface area contributed by atoms with Gasteiger partial charge < -0.3 is 9.84 Å². The molecule has 0 amide bonds. The molecule has 2 aliphatic rings. The third-order valence-electron chi connectivity index (χ3n) is 6.02. The lowest BCUT2D eigenvalue weighted by atomic mass is 9.83. The average molecular weight is 366 g/mol. The number of hydrogen-bond acceptors (Lipinski definition) is 5. The first-order valence-corrected chi connectivity index (χ1v) is 9.69. The van der Waals surface area contributed by atoms with E-state index in [2.05, 4.69) is 28.1 Å². The SMILES string of the molecule is COc1ccc(C(=O)C2CCN([C@H]3Cc4ccccc4C[C@@H]3O)CC2)cn1. The van der Waals surface area contributed by atoms with E-state index in [1.807, 2.05) is 6.07 Å². The minimum absolute atomic E-state index is 0.0319. The standard InChI is InChI=1S/C22H26N2O3/c1-27-21-7-6-18(14-23-21)22(26)15-8-10-24(11-9-15)19-12-16-4-2-3-5-17(16)13-20(19)25/h2-7,14-15,19-20,25H,8-13H2,1H3/t19-,20-/m0/s1. The molecule has 1 saturated heterocycles. The number of ether oxygens (including phenoxy) is 1. The van der Waals surface area contributed by atoms with E-state index in [-0.39, 0.29) is 23.8 Å². The van der Waals surface area contributed by atoms with Gasteiger partial charge in [-0.3, -0.25) is 9.69 Å². The number of likely N-dealkylation sites (tertiary alicyclic amines) is 1. The van der Waals surface area contributed by atoms with Crippen molar-refractivity contribution >= 4 is 5.78 Å². The number of carbonyl (C=O) groups is 1. The molecule has 2 aromatic rings. The van der Waals surface area contributed by atoms with E-state index in [0.29, 0.717) is 11.4 Å². The van der Waals surface area contributed by atoms with Crippen LogP contribution in [0.4, 0.5) is 0 Å². The number of hydrogen-bond donors (Lipinski definition) is 1. The van der Waals surface area contributed by atoms with Crippen LogP contribution in [0.2, 0.25) is 0 Å². The minimum Gasteiger partial charge on any atom is -0.481 e. The molecule has 1 aromatic carbocycles. The zero-order valence-electron chi connectivity index (χ0n) is 15.7. The molecule has 1 aliphatic carbocycles. The van der Waals surface area contributed by atoms with Gasteiger partial charge in [0.2, 0.25) is 5.88 Å². The Morgan fingerprint density at radius 1 is 1.11 bits per heavy atom. The van der Waals surface area contributed by atoms with Gasteiger partial charge in [-0.05, 0) is 49.5 Å². The first kappa shape index (κ1) is 18.1. The summed E-state index contributed by atoms with van der Waals surface area (Å²) in [6.07, 6.45) is 4.54. The summed E-state index contributed by atoms with van der Waals surface area (Å²) < 4.78 is 5.06. The number of aromatic nitrogens is 1. The Labute approximate surface area is 160 Å². The maximum atomic E-state index is 12.8. The monoisotopic (exact) mass is 366 g/mol. The second kappa shape index (κ2) is 7.79. The van der Waals surface area contributed by atoms with E-state index < -0.39 is 0 Å². The van der Waals surface area contributed by atoms with Crippen LogP contribution >= 0.6 is 0 Å². The molecular weight excluding hydrogens is 340 g/mol. The Balaban J connectivity index is 1.38. The summed E-state index contributed by atoms with van der Waals surface area (Å²) in [5, 5.41) is 10.6. The van der Waals surface area contributed by atoms with E-state index >= 15 is 0 Å². The molecule has 0 unspecified atom stereocenters. The van der Waals surface area contributed by atoms with Gasteiger partial charge >= 0.3 is 0 Å². The molecule has 1 fully saturated rings. The fourth-order valence-corrected chi connectivity index (χ4v) is 4.43. The van der Waals surface area contributed by atoms with Crippen molar-refractivity contribution in [1.82, 2.24) is 9.88 Å². The van der Waals surface area contributed by atoms with Gasteiger partial charge in [0.05, 0.1) is 13.2 Å². The molecule has 2 atom stereocenters. The number of piperidine rings is 1. The molecule has 142 valence electrons. The molecule has 0 radical (unpaired) electrons. The molecule has 5 heteroatoms. The molecule has 27 heavy (non-hydrogen) atoms. The normalized spacial score (nSPS) is 23.6. The van der Waals surface area contributed by atoms with Crippen LogP contribution in [0.15, 0.2) is 42.6 Å². The summed E-state index contributed by atoms with van der Waals surface area (Å²) in [7, 11) is 1.57. The number of methoxy groups -OCH3 is 1. The van der Waals surface area contributed by atoms with Gasteiger partial charge in [-0.2, -0.15) is 0 Å². The quantitative estimate of drug-likeness (QED) is 0.843. The third-order valence-corrected chi connectivity index (χ3v) is 6.02. The third kappa shape index (κ3) is 3.75. The van der Waals surface area contributed by atoms with Crippen LogP contribution in [-0.4, -0.2) is 53.1 Å². The number of nitrogens with zero attached hydrogens (tertiary/aromatic N) is 2. The number of pyridine rings is 1. The molecular formula is C22H26N2O3. The molecule has 0 bridgehead atoms. The summed E-state index contributed by atoms with van der Waals surface area (Å²) in [6, 6.07) is 12.1. The summed E-state index contributed by atoms with van der Waals surface area (Å²) in [4.78, 5) is 19.3. The van der Waals surface area contributed by atoms with Gasteiger partial charge in [0.15, 0.2) is 5.78 Å². The summed E-state index contributed by atoms with van der Waals surface area (Å²) >= 11 is 0. The number of benzene rings is 1. The smallest absolute Gasteiger partial charge is 0.212 e. The number of carbonyl (C=O) groups excluding carboxylic acids is 1. The van der Waals surface area contributed by atoms with Crippen LogP contribution in [-0.2, 0) is 12.8 Å². The molecule has 1 aliphatic heterocycles. The zero-order chi connectivity index (χ0) is 18.8. The zero-order valence-corrected chi connectivity index (χ0v) is 15.7. The van der Waals surface area contributed by atoms with Gasteiger partial charge in [-0.25, -0.2) is 4.98 Å². The summed E-state index contributed by atoms with van der Waals surface area (Å²) in [6.45, 7) is 1.70. The van der Waals surface area contributed by atoms with Crippen LogP contribution in [0.25, 0.3) is 0 Å². The second-order valence-corrected chi connectivity index (χ2v) is 7.58. The highest BCUT2D eigenvalue weighted by Gasteiger charge is 2.35. The predicted molar refractivity (Wildman–Crippen MR) is 103 cm³/mol. The van der Waals surface area contributed by atoms with Crippen molar-refractivity contribution in [1.29, 1.82) is 0 Å². The fraction of sp³-hybridized carbons (Fsp3) is 0.455. The van der Waals surface area contributed by atoms with Gasteiger partial charge in [0.1, 0.15) is 0 Å². The molecule has 0 saturated carbocycles. The van der Waals surface area contributed by atoms with Crippen molar-refractivity contribution in [3.05, 3.63) is 59.3 Å². The first-order chi connectivity index (χ1) is 13.2. The number of aliphatic hydroxyl groups excluding tert-OH is 1. The summed E-state index contributed by atoms with van der Waals surface area (Å²) in [5.41, 5.74) is 3.26. The molecule has 0 spiro atoms. The van der Waals surface area contributed by atoms with Crippen molar-refractivity contribution in [2.24, 2.45) is 5.92 Å². The Hall–Kier alpha value is -2.24. The van der Waals surface area contributed by atoms with E-state index in [0.717, 1.165) is 38.8 Å². The molecule has 5 nitrogen and oxygen atoms in total. The topological polar surface area (TPSA) is 62.7 Å². The Kier molecular flexibility index (Phi) is 5.23. The fourth-order valence-electron chi connectivity index (χ4n) is 4.43. The molecule has 4 rings (SSSR count). The van der Waals surface area contributed by atoms with E-state index in [4.69, 9.17) is 4.74 Å². The first-order valence-electron chi connectivity index (χ1n) is 9.69. The predicted octanol–water partition coefficient (Wildman–Crippen LogP) is 2.51. The van der Waals surface area contributed by atoms with E-state index in [1.165, 1.54) is 11.1 Å². The number of Topliss-reactive ketones (excluding diaryl/α,β-unsaturated/α-hetero) is 1. The van der Waals surface area contributed by atoms with Crippen LogP contribution in [0.5, 0.6) is 5.88 Å². The van der Waals surface area contributed by atoms with Crippen LogP contribution in [0.1, 0.15) is 34.3 Å². The highest BCUT2D eigenvalue weighted by atomic mass is 16.5. The maximum Gasteiger partial charge on any atom is 0.212 e. The van der Waals surface area contributed by atoms with E-state index in [1.54, 1.807) is 25.4 Å². The van der Waals surface area contributed by atoms with Crippen molar-refractivity contribution in [2.45, 2.75) is 37.8 Å². The summed E-state index contributed by atoms with van der Waals surface area (Å²) in [5.74, 6) is 0.719. The lowest BCUT2D eigenvalue weighted by Gasteiger charge is -2.41. The molecule has 2 heterocycles. The lowest BCUT2D eigenvalue weighted by Crippen LogP contribution is -2.51. The highest BCUT2D eigenvalue weighted by Crippen LogP contribution is 2.29. The largest absolute Gasteiger partial charge is 0.481 e. The Morgan fingerprint density at radius 3 is 2.44 bits per heavy atom. The van der Waals surface area contributed by atoms with Crippen molar-refractivity contribution in [3.63, 3.8) is 0 Å². The van der Waals surface area contributed by atoms with Crippen LogP contribution in [0, 0.1) is 5.92 Å².